The molecule has 1 heterocycles. The van der Waals surface area contributed by atoms with E-state index in [1.165, 1.54) is 16.7 Å². The van der Waals surface area contributed by atoms with Crippen molar-refractivity contribution >= 4 is 11.6 Å². The van der Waals surface area contributed by atoms with Crippen molar-refractivity contribution in [3.63, 3.8) is 0 Å². The number of carbonyl (C=O) groups excluding carboxylic acids is 1. The average Bonchev–Trinajstić information content (AvgIpc) is 2.47. The number of rotatable bonds is 4. The Hall–Kier alpha value is -2.56. The number of anilines is 1. The molecule has 0 aliphatic rings. The Labute approximate surface area is 117 Å². The molecule has 0 spiro atoms. The van der Waals surface area contributed by atoms with Gasteiger partial charge < -0.3 is 4.57 Å². The van der Waals surface area contributed by atoms with Gasteiger partial charge in [-0.15, -0.1) is 0 Å². The third-order valence-corrected chi connectivity index (χ3v) is 2.96. The van der Waals surface area contributed by atoms with Crippen LogP contribution in [-0.2, 0) is 6.54 Å². The van der Waals surface area contributed by atoms with Crippen molar-refractivity contribution in [1.82, 2.24) is 9.99 Å². The van der Waals surface area contributed by atoms with Crippen LogP contribution < -0.4 is 16.4 Å². The van der Waals surface area contributed by atoms with E-state index in [1.54, 1.807) is 6.20 Å². The average molecular weight is 271 g/mol. The van der Waals surface area contributed by atoms with Gasteiger partial charge in [-0.1, -0.05) is 17.7 Å². The Kier molecular flexibility index (Phi) is 4.20. The summed E-state index contributed by atoms with van der Waals surface area (Å²) in [5, 5.41) is 0. The summed E-state index contributed by atoms with van der Waals surface area (Å²) in [6.07, 6.45) is 1.55. The summed E-state index contributed by atoms with van der Waals surface area (Å²) < 4.78 is 1.49. The van der Waals surface area contributed by atoms with Crippen LogP contribution >= 0.6 is 0 Å². The van der Waals surface area contributed by atoms with Crippen LogP contribution in [0, 0.1) is 6.92 Å². The predicted molar refractivity (Wildman–Crippen MR) is 78.6 cm³/mol. The third kappa shape index (κ3) is 3.26. The standard InChI is InChI=1S/C15H17N3O2/c1-3-18-10-12(6-9-14(18)19)15(20)17-16-13-7-4-11(2)5-8-13/h4-10,16H,3H2,1-2H3,(H,17,20). The van der Waals surface area contributed by atoms with Crippen LogP contribution in [0.2, 0.25) is 0 Å². The lowest BCUT2D eigenvalue weighted by Crippen LogP contribution is -2.30. The summed E-state index contributed by atoms with van der Waals surface area (Å²) in [5.74, 6) is -0.284. The van der Waals surface area contributed by atoms with E-state index in [1.807, 2.05) is 38.1 Å². The predicted octanol–water partition coefficient (Wildman–Crippen LogP) is 1.93. The molecule has 0 bridgehead atoms. The second kappa shape index (κ2) is 6.06. The first-order chi connectivity index (χ1) is 9.60. The van der Waals surface area contributed by atoms with Crippen molar-refractivity contribution in [2.24, 2.45) is 0 Å². The minimum atomic E-state index is -0.284. The van der Waals surface area contributed by atoms with E-state index in [4.69, 9.17) is 0 Å². The molecular weight excluding hydrogens is 254 g/mol. The molecule has 0 radical (unpaired) electrons. The van der Waals surface area contributed by atoms with Crippen molar-refractivity contribution < 1.29 is 4.79 Å². The molecular formula is C15H17N3O2. The van der Waals surface area contributed by atoms with Crippen LogP contribution in [0.3, 0.4) is 0 Å². The number of pyridine rings is 1. The van der Waals surface area contributed by atoms with Crippen LogP contribution in [0.25, 0.3) is 0 Å². The fourth-order valence-electron chi connectivity index (χ4n) is 1.75. The third-order valence-electron chi connectivity index (χ3n) is 2.96. The number of benzene rings is 1. The van der Waals surface area contributed by atoms with Gasteiger partial charge >= 0.3 is 0 Å². The van der Waals surface area contributed by atoms with Gasteiger partial charge in [0.15, 0.2) is 0 Å². The summed E-state index contributed by atoms with van der Waals surface area (Å²) in [5.41, 5.74) is 7.71. The SMILES string of the molecule is CCn1cc(C(=O)NNc2ccc(C)cc2)ccc1=O. The van der Waals surface area contributed by atoms with Crippen LogP contribution in [0.5, 0.6) is 0 Å². The number of nitrogens with zero attached hydrogens (tertiary/aromatic N) is 1. The van der Waals surface area contributed by atoms with Gasteiger partial charge in [-0.05, 0) is 32.0 Å². The van der Waals surface area contributed by atoms with E-state index in [2.05, 4.69) is 10.9 Å². The first-order valence-corrected chi connectivity index (χ1v) is 6.43. The highest BCUT2D eigenvalue weighted by Gasteiger charge is 2.06. The van der Waals surface area contributed by atoms with E-state index >= 15 is 0 Å². The second-order valence-electron chi connectivity index (χ2n) is 4.49. The topological polar surface area (TPSA) is 63.1 Å². The molecule has 0 unspecified atom stereocenters. The molecule has 0 saturated carbocycles. The quantitative estimate of drug-likeness (QED) is 0.835. The largest absolute Gasteiger partial charge is 0.315 e. The maximum absolute atomic E-state index is 12.0. The number of hydrogen-bond acceptors (Lipinski definition) is 3. The molecule has 0 saturated heterocycles. The second-order valence-corrected chi connectivity index (χ2v) is 4.49. The molecule has 0 atom stereocenters. The number of aromatic nitrogens is 1. The number of nitrogens with one attached hydrogen (secondary N) is 2. The Balaban J connectivity index is 2.05. The van der Waals surface area contributed by atoms with Gasteiger partial charge in [0, 0.05) is 18.8 Å². The van der Waals surface area contributed by atoms with E-state index < -0.39 is 0 Å². The molecule has 1 aromatic heterocycles. The van der Waals surface area contributed by atoms with Crippen molar-refractivity contribution in [2.45, 2.75) is 20.4 Å². The maximum atomic E-state index is 12.0. The molecule has 5 nitrogen and oxygen atoms in total. The monoisotopic (exact) mass is 271 g/mol. The van der Waals surface area contributed by atoms with Crippen LogP contribution in [-0.4, -0.2) is 10.5 Å². The molecule has 1 aromatic carbocycles. The minimum absolute atomic E-state index is 0.115. The van der Waals surface area contributed by atoms with Gasteiger partial charge in [-0.3, -0.25) is 20.4 Å². The van der Waals surface area contributed by atoms with Gasteiger partial charge in [-0.25, -0.2) is 0 Å². The first kappa shape index (κ1) is 13.9. The highest BCUT2D eigenvalue weighted by Crippen LogP contribution is 2.07. The summed E-state index contributed by atoms with van der Waals surface area (Å²) in [7, 11) is 0. The lowest BCUT2D eigenvalue weighted by atomic mass is 10.2. The summed E-state index contributed by atoms with van der Waals surface area (Å²) in [6.45, 7) is 4.38. The fraction of sp³-hybridized carbons (Fsp3) is 0.200. The van der Waals surface area contributed by atoms with Gasteiger partial charge in [0.05, 0.1) is 11.3 Å². The van der Waals surface area contributed by atoms with Crippen molar-refractivity contribution in [3.8, 4) is 0 Å². The van der Waals surface area contributed by atoms with E-state index in [0.717, 1.165) is 11.3 Å². The van der Waals surface area contributed by atoms with Gasteiger partial charge in [-0.2, -0.15) is 0 Å². The normalized spacial score (nSPS) is 10.1. The van der Waals surface area contributed by atoms with Crippen LogP contribution in [0.4, 0.5) is 5.69 Å². The molecule has 2 N–H and O–H groups in total. The molecule has 2 rings (SSSR count). The van der Waals surface area contributed by atoms with Gasteiger partial charge in [0.1, 0.15) is 0 Å². The highest BCUT2D eigenvalue weighted by atomic mass is 16.2. The minimum Gasteiger partial charge on any atom is -0.315 e. The molecule has 0 aliphatic heterocycles. The maximum Gasteiger partial charge on any atom is 0.271 e. The zero-order valence-electron chi connectivity index (χ0n) is 11.5. The highest BCUT2D eigenvalue weighted by molar-refractivity contribution is 5.94. The Morgan fingerprint density at radius 3 is 2.50 bits per heavy atom. The van der Waals surface area contributed by atoms with Crippen molar-refractivity contribution in [3.05, 3.63) is 64.1 Å². The van der Waals surface area contributed by atoms with Crippen molar-refractivity contribution in [2.75, 3.05) is 5.43 Å². The van der Waals surface area contributed by atoms with Crippen LogP contribution in [0.1, 0.15) is 22.8 Å². The number of aryl methyl sites for hydroxylation is 2. The molecule has 0 fully saturated rings. The Bertz CT molecular complexity index is 660. The lowest BCUT2D eigenvalue weighted by Gasteiger charge is -2.10. The number of hydrazine groups is 1. The zero-order chi connectivity index (χ0) is 14.5. The molecule has 0 aliphatic carbocycles. The number of hydrogen-bond donors (Lipinski definition) is 2. The van der Waals surface area contributed by atoms with Gasteiger partial charge in [0.25, 0.3) is 11.5 Å². The Morgan fingerprint density at radius 1 is 1.15 bits per heavy atom. The van der Waals surface area contributed by atoms with Crippen LogP contribution in [0.15, 0.2) is 47.4 Å². The van der Waals surface area contributed by atoms with E-state index in [-0.39, 0.29) is 11.5 Å². The molecule has 104 valence electrons. The molecule has 1 amide bonds. The smallest absolute Gasteiger partial charge is 0.271 e. The summed E-state index contributed by atoms with van der Waals surface area (Å²) >= 11 is 0. The summed E-state index contributed by atoms with van der Waals surface area (Å²) in [4.78, 5) is 23.4. The summed E-state index contributed by atoms with van der Waals surface area (Å²) in [6, 6.07) is 10.6. The van der Waals surface area contributed by atoms with E-state index in [0.29, 0.717) is 12.1 Å². The van der Waals surface area contributed by atoms with Gasteiger partial charge in [0.2, 0.25) is 0 Å². The molecule has 2 aromatic rings. The molecule has 20 heavy (non-hydrogen) atoms. The Morgan fingerprint density at radius 2 is 1.85 bits per heavy atom. The lowest BCUT2D eigenvalue weighted by molar-refractivity contribution is 0.0962. The molecule has 5 heteroatoms. The fourth-order valence-corrected chi connectivity index (χ4v) is 1.75. The van der Waals surface area contributed by atoms with Crippen molar-refractivity contribution in [1.29, 1.82) is 0 Å². The zero-order valence-corrected chi connectivity index (χ0v) is 11.5. The van der Waals surface area contributed by atoms with E-state index in [9.17, 15) is 9.59 Å². The number of carbonyl (C=O) groups is 1. The number of amides is 1. The first-order valence-electron chi connectivity index (χ1n) is 6.43.